The number of sulfone groups is 1. The lowest BCUT2D eigenvalue weighted by atomic mass is 10.2. The van der Waals surface area contributed by atoms with Crippen molar-refractivity contribution in [1.82, 2.24) is 15.0 Å². The summed E-state index contributed by atoms with van der Waals surface area (Å²) in [4.78, 5) is 14.8. The Hall–Kier alpha value is -1.29. The van der Waals surface area contributed by atoms with Crippen molar-refractivity contribution in [2.45, 2.75) is 28.9 Å². The minimum atomic E-state index is -3.42. The molecular formula is C15H17ClN4O3S2. The van der Waals surface area contributed by atoms with Gasteiger partial charge in [-0.25, -0.2) is 23.4 Å². The number of hydrogen-bond acceptors (Lipinski definition) is 8. The number of hydrogen-bond donors (Lipinski definition) is 0. The molecule has 134 valence electrons. The number of ether oxygens (including phenoxy) is 1. The second-order valence-corrected chi connectivity index (χ2v) is 9.74. The van der Waals surface area contributed by atoms with Gasteiger partial charge >= 0.3 is 0 Å². The fourth-order valence-corrected chi connectivity index (χ4v) is 6.31. The molecule has 2 fully saturated rings. The number of rotatable bonds is 4. The standard InChI is InChI=1S/C15H17ClN4O3S2/c1-9-8-24-15(17-9)25(21,22)12-6-10(12)11-7-13(19-14(16)18-11)20-2-4-23-5-3-20/h7-8,10,12H,2-6H2,1H3. The van der Waals surface area contributed by atoms with Crippen molar-refractivity contribution in [3.05, 3.63) is 28.1 Å². The van der Waals surface area contributed by atoms with Gasteiger partial charge in [-0.1, -0.05) is 0 Å². The average molecular weight is 401 g/mol. The van der Waals surface area contributed by atoms with Crippen molar-refractivity contribution in [3.8, 4) is 0 Å². The topological polar surface area (TPSA) is 85.3 Å². The van der Waals surface area contributed by atoms with Crippen LogP contribution in [0.2, 0.25) is 5.28 Å². The van der Waals surface area contributed by atoms with Crippen LogP contribution in [0.15, 0.2) is 15.8 Å². The van der Waals surface area contributed by atoms with Crippen molar-refractivity contribution in [3.63, 3.8) is 0 Å². The summed E-state index contributed by atoms with van der Waals surface area (Å²) >= 11 is 7.25. The Bertz CT molecular complexity index is 896. The fraction of sp³-hybridized carbons (Fsp3) is 0.533. The molecule has 1 aliphatic carbocycles. The van der Waals surface area contributed by atoms with Gasteiger partial charge in [0.1, 0.15) is 5.82 Å². The van der Waals surface area contributed by atoms with E-state index in [0.29, 0.717) is 25.3 Å². The molecule has 4 rings (SSSR count). The minimum Gasteiger partial charge on any atom is -0.378 e. The summed E-state index contributed by atoms with van der Waals surface area (Å²) in [6, 6.07) is 1.85. The predicted molar refractivity (Wildman–Crippen MR) is 95.3 cm³/mol. The Kier molecular flexibility index (Phi) is 4.43. The minimum absolute atomic E-state index is 0.145. The number of nitrogens with zero attached hydrogens (tertiary/aromatic N) is 4. The molecule has 0 spiro atoms. The number of thiazole rings is 1. The molecule has 2 atom stereocenters. The van der Waals surface area contributed by atoms with Crippen molar-refractivity contribution in [1.29, 1.82) is 0 Å². The van der Waals surface area contributed by atoms with Gasteiger partial charge in [0.05, 0.1) is 24.2 Å². The fourth-order valence-electron chi connectivity index (χ4n) is 2.99. The first-order chi connectivity index (χ1) is 11.9. The molecule has 2 aromatic heterocycles. The molecule has 1 saturated carbocycles. The van der Waals surface area contributed by atoms with Crippen molar-refractivity contribution < 1.29 is 13.2 Å². The van der Waals surface area contributed by atoms with Gasteiger partial charge in [0.2, 0.25) is 19.5 Å². The van der Waals surface area contributed by atoms with Gasteiger partial charge in [0, 0.05) is 36.1 Å². The highest BCUT2D eigenvalue weighted by atomic mass is 35.5. The molecule has 7 nitrogen and oxygen atoms in total. The number of aromatic nitrogens is 3. The molecule has 0 aromatic carbocycles. The van der Waals surface area contributed by atoms with Crippen LogP contribution in [-0.4, -0.2) is 54.9 Å². The Balaban J connectivity index is 1.58. The number of aryl methyl sites for hydroxylation is 1. The summed E-state index contributed by atoms with van der Waals surface area (Å²) < 4.78 is 31.0. The van der Waals surface area contributed by atoms with Crippen LogP contribution in [0.4, 0.5) is 5.82 Å². The Morgan fingerprint density at radius 2 is 2.04 bits per heavy atom. The second kappa shape index (κ2) is 6.46. The zero-order valence-corrected chi connectivity index (χ0v) is 15.9. The monoisotopic (exact) mass is 400 g/mol. The number of morpholine rings is 1. The first-order valence-corrected chi connectivity index (χ1v) is 10.8. The maximum absolute atomic E-state index is 12.7. The molecule has 0 amide bonds. The SMILES string of the molecule is Cc1csc(S(=O)(=O)C2CC2c2cc(N3CCOCC3)nc(Cl)n2)n1. The molecule has 25 heavy (non-hydrogen) atoms. The molecule has 0 radical (unpaired) electrons. The Morgan fingerprint density at radius 1 is 1.28 bits per heavy atom. The van der Waals surface area contributed by atoms with E-state index in [1.165, 1.54) is 11.3 Å². The first-order valence-electron chi connectivity index (χ1n) is 7.98. The molecule has 1 aliphatic heterocycles. The molecule has 3 heterocycles. The van der Waals surface area contributed by atoms with Crippen LogP contribution in [0.3, 0.4) is 0 Å². The van der Waals surface area contributed by atoms with E-state index in [4.69, 9.17) is 16.3 Å². The van der Waals surface area contributed by atoms with E-state index < -0.39 is 15.1 Å². The zero-order chi connectivity index (χ0) is 17.6. The quantitative estimate of drug-likeness (QED) is 0.726. The van der Waals surface area contributed by atoms with Gasteiger partial charge in [-0.15, -0.1) is 11.3 Å². The summed E-state index contributed by atoms with van der Waals surface area (Å²) in [6.45, 7) is 4.54. The summed E-state index contributed by atoms with van der Waals surface area (Å²) in [5, 5.41) is 1.41. The van der Waals surface area contributed by atoms with E-state index in [1.807, 2.05) is 6.07 Å². The molecule has 10 heteroatoms. The van der Waals surface area contributed by atoms with Gasteiger partial charge in [-0.05, 0) is 24.9 Å². The molecule has 2 aromatic rings. The highest BCUT2D eigenvalue weighted by Gasteiger charge is 2.51. The third kappa shape index (κ3) is 3.38. The molecule has 2 unspecified atom stereocenters. The van der Waals surface area contributed by atoms with Crippen LogP contribution < -0.4 is 4.90 Å². The summed E-state index contributed by atoms with van der Waals surface area (Å²) in [5.74, 6) is 0.570. The van der Waals surface area contributed by atoms with Crippen molar-refractivity contribution in [2.24, 2.45) is 0 Å². The van der Waals surface area contributed by atoms with Crippen LogP contribution in [-0.2, 0) is 14.6 Å². The maximum Gasteiger partial charge on any atom is 0.224 e. The lowest BCUT2D eigenvalue weighted by Gasteiger charge is -2.28. The van der Waals surface area contributed by atoms with Gasteiger partial charge in [0.25, 0.3) is 0 Å². The van der Waals surface area contributed by atoms with E-state index in [-0.39, 0.29) is 15.5 Å². The van der Waals surface area contributed by atoms with Crippen LogP contribution in [0.5, 0.6) is 0 Å². The number of halogens is 1. The highest BCUT2D eigenvalue weighted by molar-refractivity contribution is 7.94. The van der Waals surface area contributed by atoms with E-state index in [9.17, 15) is 8.42 Å². The van der Waals surface area contributed by atoms with E-state index >= 15 is 0 Å². The third-order valence-electron chi connectivity index (χ3n) is 4.39. The van der Waals surface area contributed by atoms with Crippen LogP contribution >= 0.6 is 22.9 Å². The highest BCUT2D eigenvalue weighted by Crippen LogP contribution is 2.48. The number of anilines is 1. The Morgan fingerprint density at radius 3 is 2.72 bits per heavy atom. The molecule has 2 aliphatic rings. The molecule has 0 bridgehead atoms. The van der Waals surface area contributed by atoms with Crippen molar-refractivity contribution >= 4 is 38.6 Å². The zero-order valence-electron chi connectivity index (χ0n) is 13.6. The largest absolute Gasteiger partial charge is 0.378 e. The summed E-state index contributed by atoms with van der Waals surface area (Å²) in [6.07, 6.45) is 0.539. The Labute approximate surface area is 154 Å². The van der Waals surface area contributed by atoms with Gasteiger partial charge in [0.15, 0.2) is 0 Å². The predicted octanol–water partition coefficient (Wildman–Crippen LogP) is 2.06. The summed E-state index contributed by atoms with van der Waals surface area (Å²) in [5.41, 5.74) is 1.41. The third-order valence-corrected chi connectivity index (χ3v) is 8.19. The van der Waals surface area contributed by atoms with Crippen LogP contribution in [0.1, 0.15) is 23.7 Å². The lowest BCUT2D eigenvalue weighted by Crippen LogP contribution is -2.36. The second-order valence-electron chi connectivity index (χ2n) is 6.20. The van der Waals surface area contributed by atoms with Gasteiger partial charge in [-0.2, -0.15) is 0 Å². The average Bonchev–Trinajstić information content (AvgIpc) is 3.30. The van der Waals surface area contributed by atoms with Crippen LogP contribution in [0.25, 0.3) is 0 Å². The van der Waals surface area contributed by atoms with E-state index in [1.54, 1.807) is 12.3 Å². The maximum atomic E-state index is 12.7. The van der Waals surface area contributed by atoms with E-state index in [2.05, 4.69) is 19.9 Å². The van der Waals surface area contributed by atoms with E-state index in [0.717, 1.165) is 24.6 Å². The van der Waals surface area contributed by atoms with Gasteiger partial charge in [-0.3, -0.25) is 0 Å². The summed E-state index contributed by atoms with van der Waals surface area (Å²) in [7, 11) is -3.42. The lowest BCUT2D eigenvalue weighted by molar-refractivity contribution is 0.122. The van der Waals surface area contributed by atoms with Crippen molar-refractivity contribution in [2.75, 3.05) is 31.2 Å². The van der Waals surface area contributed by atoms with Crippen LogP contribution in [0, 0.1) is 6.92 Å². The normalized spacial score (nSPS) is 23.7. The first kappa shape index (κ1) is 17.1. The molecule has 0 N–H and O–H groups in total. The molecular weight excluding hydrogens is 384 g/mol. The van der Waals surface area contributed by atoms with Gasteiger partial charge < -0.3 is 9.64 Å². The molecule has 1 saturated heterocycles. The smallest absolute Gasteiger partial charge is 0.224 e.